The standard InChI is InChI=1S/C46H44Cl2N8O7S2/c1-23-37-39(27-11-15-29(47)16-12-27)49-31(21-35(59)61-5)43-53-51-25(3)55(43)45(37)64-41(23)33(57)9-7-19-63-20-8-10-34(58)42-24(2)38-40(28-13-17-30(48)18-14-28)50-32(22-36(60)62-6)44-54-52-26(4)56(44)46(38)65-42/h11-18,31-32H,7-10,19-22H2,1-6H3/t31-,32-/m0/s1. The van der Waals surface area contributed by atoms with E-state index in [4.69, 9.17) is 47.4 Å². The van der Waals surface area contributed by atoms with Crippen molar-refractivity contribution in [3.05, 3.63) is 125 Å². The number of thiophene rings is 2. The highest BCUT2D eigenvalue weighted by Gasteiger charge is 2.36. The van der Waals surface area contributed by atoms with Crippen LogP contribution in [0.4, 0.5) is 0 Å². The zero-order valence-corrected chi connectivity index (χ0v) is 39.6. The van der Waals surface area contributed by atoms with E-state index in [9.17, 15) is 19.2 Å². The first kappa shape index (κ1) is 45.8. The molecule has 0 amide bonds. The molecule has 0 radical (unpaired) electrons. The van der Waals surface area contributed by atoms with E-state index < -0.39 is 24.0 Å². The lowest BCUT2D eigenvalue weighted by molar-refractivity contribution is -0.142. The molecule has 6 aromatic rings. The molecule has 2 aliphatic heterocycles. The fourth-order valence-electron chi connectivity index (χ4n) is 8.06. The number of Topliss-reactive ketones (excluding diaryl/α,β-unsaturated/α-hetero) is 2. The highest BCUT2D eigenvalue weighted by molar-refractivity contribution is 7.17. The summed E-state index contributed by atoms with van der Waals surface area (Å²) in [6, 6.07) is 13.2. The summed E-state index contributed by atoms with van der Waals surface area (Å²) in [5.74, 6) is 1.22. The fourth-order valence-corrected chi connectivity index (χ4v) is 11.0. The summed E-state index contributed by atoms with van der Waals surface area (Å²) in [5.41, 5.74) is 5.86. The average molecular weight is 956 g/mol. The van der Waals surface area contributed by atoms with E-state index >= 15 is 0 Å². The number of aliphatic imine (C=N–C) groups is 2. The number of hydrogen-bond acceptors (Lipinski definition) is 15. The third-order valence-electron chi connectivity index (χ3n) is 11.3. The molecule has 0 saturated carbocycles. The maximum Gasteiger partial charge on any atom is 0.308 e. The molecule has 6 heterocycles. The van der Waals surface area contributed by atoms with Crippen LogP contribution in [-0.4, -0.2) is 91.9 Å². The Morgan fingerprint density at radius 2 is 0.985 bits per heavy atom. The number of carbonyl (C=O) groups excluding carboxylic acids is 4. The van der Waals surface area contributed by atoms with Crippen LogP contribution in [0.1, 0.15) is 127 Å². The number of nitrogens with zero attached hydrogens (tertiary/aromatic N) is 8. The normalized spacial score (nSPS) is 15.1. The molecule has 8 rings (SSSR count). The Kier molecular flexibility index (Phi) is 13.7. The van der Waals surface area contributed by atoms with Crippen molar-refractivity contribution >= 4 is 80.8 Å². The van der Waals surface area contributed by atoms with Crippen LogP contribution in [0.3, 0.4) is 0 Å². The van der Waals surface area contributed by atoms with E-state index in [-0.39, 0.29) is 37.2 Å². The van der Waals surface area contributed by atoms with Crippen molar-refractivity contribution in [3.8, 4) is 10.0 Å². The number of hydrogen-bond donors (Lipinski definition) is 0. The number of benzene rings is 2. The second-order valence-corrected chi connectivity index (χ2v) is 18.5. The topological polar surface area (TPSA) is 182 Å². The maximum absolute atomic E-state index is 13.9. The van der Waals surface area contributed by atoms with Crippen LogP contribution in [0.2, 0.25) is 10.0 Å². The van der Waals surface area contributed by atoms with Gasteiger partial charge in [-0.05, 0) is 75.9 Å². The number of carbonyl (C=O) groups is 4. The number of aryl methyl sites for hydroxylation is 2. The van der Waals surface area contributed by atoms with Gasteiger partial charge in [0.15, 0.2) is 23.2 Å². The van der Waals surface area contributed by atoms with Gasteiger partial charge in [0.25, 0.3) is 0 Å². The van der Waals surface area contributed by atoms with Crippen LogP contribution in [0.25, 0.3) is 10.0 Å². The van der Waals surface area contributed by atoms with Gasteiger partial charge in [-0.15, -0.1) is 43.1 Å². The zero-order chi connectivity index (χ0) is 46.1. The summed E-state index contributed by atoms with van der Waals surface area (Å²) in [6.07, 6.45) is 1.37. The van der Waals surface area contributed by atoms with Crippen molar-refractivity contribution in [1.82, 2.24) is 29.5 Å². The fraction of sp³-hybridized carbons (Fsp3) is 0.348. The van der Waals surface area contributed by atoms with Gasteiger partial charge in [-0.3, -0.25) is 38.3 Å². The maximum atomic E-state index is 13.9. The highest BCUT2D eigenvalue weighted by Crippen LogP contribution is 2.42. The van der Waals surface area contributed by atoms with Crippen LogP contribution in [0.15, 0.2) is 58.5 Å². The highest BCUT2D eigenvalue weighted by atomic mass is 35.5. The van der Waals surface area contributed by atoms with Crippen LogP contribution in [0.5, 0.6) is 0 Å². The summed E-state index contributed by atoms with van der Waals surface area (Å²) in [5, 5.41) is 20.1. The molecular weight excluding hydrogens is 912 g/mol. The molecule has 0 spiro atoms. The van der Waals surface area contributed by atoms with Crippen molar-refractivity contribution in [2.45, 2.75) is 78.3 Å². The smallest absolute Gasteiger partial charge is 0.308 e. The van der Waals surface area contributed by atoms with Crippen molar-refractivity contribution in [3.63, 3.8) is 0 Å². The van der Waals surface area contributed by atoms with Crippen LogP contribution in [0, 0.1) is 27.7 Å². The van der Waals surface area contributed by atoms with Crippen LogP contribution < -0.4 is 0 Å². The molecule has 2 aromatic carbocycles. The van der Waals surface area contributed by atoms with Crippen LogP contribution >= 0.6 is 45.9 Å². The lowest BCUT2D eigenvalue weighted by Crippen LogP contribution is -2.12. The zero-order valence-electron chi connectivity index (χ0n) is 36.4. The molecule has 15 nitrogen and oxygen atoms in total. The number of aromatic nitrogens is 6. The minimum Gasteiger partial charge on any atom is -0.469 e. The van der Waals surface area contributed by atoms with Gasteiger partial charge in [0, 0.05) is 58.4 Å². The largest absolute Gasteiger partial charge is 0.469 e. The van der Waals surface area contributed by atoms with Gasteiger partial charge >= 0.3 is 11.9 Å². The average Bonchev–Trinajstić information content (AvgIpc) is 4.01. The molecule has 0 bridgehead atoms. The van der Waals surface area contributed by atoms with Crippen molar-refractivity contribution in [2.75, 3.05) is 27.4 Å². The Hall–Kier alpha value is -5.72. The Morgan fingerprint density at radius 1 is 0.600 bits per heavy atom. The van der Waals surface area contributed by atoms with E-state index in [0.717, 1.165) is 43.4 Å². The second kappa shape index (κ2) is 19.4. The van der Waals surface area contributed by atoms with Crippen molar-refractivity contribution in [1.29, 1.82) is 0 Å². The quantitative estimate of drug-likeness (QED) is 0.0513. The number of fused-ring (bicyclic) bond motifs is 6. The SMILES string of the molecule is COC(=O)C[C@@H]1N=C(c2ccc(Cl)cc2)c2c(sc(C(=O)CCCOCCCC(=O)c3sc4c(c3C)C(c3ccc(Cl)cc3)=N[C@@H](CC(=O)OC)c3nnc(C)n3-4)c2C)-n2c(C)nnc21. The van der Waals surface area contributed by atoms with E-state index in [2.05, 4.69) is 20.4 Å². The molecule has 2 aliphatic rings. The van der Waals surface area contributed by atoms with Gasteiger partial charge < -0.3 is 14.2 Å². The molecule has 65 heavy (non-hydrogen) atoms. The predicted molar refractivity (Wildman–Crippen MR) is 248 cm³/mol. The number of ether oxygens (including phenoxy) is 3. The van der Waals surface area contributed by atoms with E-state index in [1.54, 1.807) is 24.3 Å². The molecule has 2 atom stereocenters. The molecular formula is C46H44Cl2N8O7S2. The monoisotopic (exact) mass is 954 g/mol. The summed E-state index contributed by atoms with van der Waals surface area (Å²) < 4.78 is 19.7. The lowest BCUT2D eigenvalue weighted by Gasteiger charge is -2.12. The third kappa shape index (κ3) is 9.12. The summed E-state index contributed by atoms with van der Waals surface area (Å²) >= 11 is 15.2. The van der Waals surface area contributed by atoms with Gasteiger partial charge in [0.2, 0.25) is 0 Å². The van der Waals surface area contributed by atoms with Gasteiger partial charge in [-0.25, -0.2) is 0 Å². The predicted octanol–water partition coefficient (Wildman–Crippen LogP) is 9.06. The number of rotatable bonds is 16. The molecule has 19 heteroatoms. The van der Waals surface area contributed by atoms with E-state index in [0.29, 0.717) is 80.6 Å². The van der Waals surface area contributed by atoms with Crippen LogP contribution in [-0.2, 0) is 23.8 Å². The Morgan fingerprint density at radius 3 is 1.35 bits per heavy atom. The number of halogens is 2. The Balaban J connectivity index is 0.942. The molecule has 4 aromatic heterocycles. The summed E-state index contributed by atoms with van der Waals surface area (Å²) in [6.45, 7) is 8.14. The van der Waals surface area contributed by atoms with E-state index in [1.807, 2.05) is 61.1 Å². The lowest BCUT2D eigenvalue weighted by atomic mass is 9.98. The number of ketones is 2. The Labute approximate surface area is 392 Å². The van der Waals surface area contributed by atoms with Gasteiger partial charge in [-0.1, -0.05) is 47.5 Å². The molecule has 0 N–H and O–H groups in total. The minimum absolute atomic E-state index is 0.0363. The van der Waals surface area contributed by atoms with Crippen molar-refractivity contribution < 1.29 is 33.4 Å². The summed E-state index contributed by atoms with van der Waals surface area (Å²) in [7, 11) is 2.67. The molecule has 0 unspecified atom stereocenters. The van der Waals surface area contributed by atoms with Gasteiger partial charge in [0.1, 0.15) is 33.7 Å². The van der Waals surface area contributed by atoms with Gasteiger partial charge in [-0.2, -0.15) is 0 Å². The van der Waals surface area contributed by atoms with Crippen molar-refractivity contribution in [2.24, 2.45) is 9.98 Å². The molecule has 0 aliphatic carbocycles. The molecule has 0 saturated heterocycles. The van der Waals surface area contributed by atoms with Gasteiger partial charge in [0.05, 0.1) is 48.2 Å². The Bertz CT molecular complexity index is 2700. The molecule has 0 fully saturated rings. The first-order valence-corrected chi connectivity index (χ1v) is 23.3. The minimum atomic E-state index is -0.674. The number of esters is 2. The second-order valence-electron chi connectivity index (χ2n) is 15.6. The third-order valence-corrected chi connectivity index (χ3v) is 14.4. The first-order chi connectivity index (χ1) is 31.3. The molecule has 336 valence electrons. The first-order valence-electron chi connectivity index (χ1n) is 20.9. The summed E-state index contributed by atoms with van der Waals surface area (Å²) in [4.78, 5) is 64.2. The van der Waals surface area contributed by atoms with E-state index in [1.165, 1.54) is 36.9 Å². The number of methoxy groups -OCH3 is 2.